The second kappa shape index (κ2) is 12.2. The van der Waals surface area contributed by atoms with Crippen LogP contribution < -0.4 is 9.62 Å². The van der Waals surface area contributed by atoms with Crippen LogP contribution in [0, 0.1) is 26.7 Å². The van der Waals surface area contributed by atoms with Crippen LogP contribution in [0.4, 0.5) is 5.69 Å². The van der Waals surface area contributed by atoms with Crippen molar-refractivity contribution in [3.8, 4) is 0 Å². The molecule has 0 aliphatic rings. The van der Waals surface area contributed by atoms with Gasteiger partial charge in [0.25, 0.3) is 0 Å². The highest BCUT2D eigenvalue weighted by molar-refractivity contribution is 7.92. The summed E-state index contributed by atoms with van der Waals surface area (Å²) < 4.78 is 26.7. The molecule has 0 fully saturated rings. The maximum Gasteiger partial charge on any atom is 0.244 e. The molecule has 2 aromatic carbocycles. The molecule has 0 aliphatic carbocycles. The van der Waals surface area contributed by atoms with Gasteiger partial charge in [-0.2, -0.15) is 0 Å². The average molecular weight is 502 g/mol. The summed E-state index contributed by atoms with van der Waals surface area (Å²) in [7, 11) is -3.75. The van der Waals surface area contributed by atoms with Crippen molar-refractivity contribution in [2.24, 2.45) is 5.92 Å². The highest BCUT2D eigenvalue weighted by Crippen LogP contribution is 2.24. The molecule has 0 radical (unpaired) electrons. The molecule has 1 N–H and O–H groups in total. The van der Waals surface area contributed by atoms with Crippen LogP contribution in [-0.4, -0.2) is 50.5 Å². The molecule has 0 aliphatic heterocycles. The smallest absolute Gasteiger partial charge is 0.244 e. The monoisotopic (exact) mass is 501 g/mol. The fraction of sp³-hybridized carbons (Fsp3) is 0.481. The van der Waals surface area contributed by atoms with Gasteiger partial charge in [-0.25, -0.2) is 8.42 Å². The topological polar surface area (TPSA) is 86.8 Å². The molecule has 0 bridgehead atoms. The number of aryl methyl sites for hydroxylation is 3. The van der Waals surface area contributed by atoms with Gasteiger partial charge >= 0.3 is 0 Å². The summed E-state index contributed by atoms with van der Waals surface area (Å²) in [6.07, 6.45) is 1.50. The third-order valence-corrected chi connectivity index (χ3v) is 7.10. The Kier molecular flexibility index (Phi) is 9.89. The Hall–Kier alpha value is -2.87. The van der Waals surface area contributed by atoms with E-state index < -0.39 is 22.0 Å². The molecule has 2 amide bonds. The Morgan fingerprint density at radius 3 is 2.20 bits per heavy atom. The third kappa shape index (κ3) is 7.82. The Labute approximate surface area is 210 Å². The number of nitrogens with zero attached hydrogens (tertiary/aromatic N) is 2. The third-order valence-electron chi connectivity index (χ3n) is 5.97. The summed E-state index contributed by atoms with van der Waals surface area (Å²) in [6.45, 7) is 11.9. The molecule has 0 saturated heterocycles. The Balaban J connectivity index is 2.47. The summed E-state index contributed by atoms with van der Waals surface area (Å²) in [5.41, 5.74) is 4.13. The molecule has 35 heavy (non-hydrogen) atoms. The van der Waals surface area contributed by atoms with Crippen LogP contribution in [0.1, 0.15) is 49.4 Å². The molecule has 0 spiro atoms. The second-order valence-corrected chi connectivity index (χ2v) is 11.5. The summed E-state index contributed by atoms with van der Waals surface area (Å²) in [5, 5.41) is 2.93. The predicted octanol–water partition coefficient (Wildman–Crippen LogP) is 3.96. The van der Waals surface area contributed by atoms with Crippen LogP contribution >= 0.6 is 0 Å². The van der Waals surface area contributed by atoms with Gasteiger partial charge in [0.2, 0.25) is 21.8 Å². The van der Waals surface area contributed by atoms with Crippen molar-refractivity contribution in [3.05, 3.63) is 64.7 Å². The first kappa shape index (κ1) is 28.4. The standard InChI is InChI=1S/C27H39N3O4S/c1-8-24(27(32)28-16-19(2)3)29(17-23-12-10-9-11-21(23)5)26(31)18-30(35(7,33)34)25-14-13-20(4)15-22(25)6/h9-15,19,24H,8,16-18H2,1-7H3,(H,28,32)/t24-/m1/s1. The van der Waals surface area contributed by atoms with E-state index in [9.17, 15) is 18.0 Å². The molecule has 0 heterocycles. The summed E-state index contributed by atoms with van der Waals surface area (Å²) >= 11 is 0. The first-order valence-corrected chi connectivity index (χ1v) is 13.9. The van der Waals surface area contributed by atoms with Crippen molar-refractivity contribution in [2.45, 2.75) is 60.5 Å². The summed E-state index contributed by atoms with van der Waals surface area (Å²) in [4.78, 5) is 28.4. The predicted molar refractivity (Wildman–Crippen MR) is 142 cm³/mol. The minimum absolute atomic E-state index is 0.212. The lowest BCUT2D eigenvalue weighted by atomic mass is 10.1. The van der Waals surface area contributed by atoms with Crippen molar-refractivity contribution >= 4 is 27.5 Å². The zero-order valence-corrected chi connectivity index (χ0v) is 22.8. The van der Waals surface area contributed by atoms with Gasteiger partial charge < -0.3 is 10.2 Å². The van der Waals surface area contributed by atoms with Gasteiger partial charge in [0.15, 0.2) is 0 Å². The largest absolute Gasteiger partial charge is 0.354 e. The van der Waals surface area contributed by atoms with E-state index in [1.807, 2.05) is 77.9 Å². The number of amides is 2. The molecule has 1 atom stereocenters. The Morgan fingerprint density at radius 1 is 1.00 bits per heavy atom. The number of sulfonamides is 1. The number of nitrogens with one attached hydrogen (secondary N) is 1. The normalized spacial score (nSPS) is 12.3. The van der Waals surface area contributed by atoms with Crippen molar-refractivity contribution < 1.29 is 18.0 Å². The molecule has 0 aromatic heterocycles. The number of carbonyl (C=O) groups excluding carboxylic acids is 2. The fourth-order valence-electron chi connectivity index (χ4n) is 3.99. The lowest BCUT2D eigenvalue weighted by molar-refractivity contribution is -0.140. The number of hydrogen-bond acceptors (Lipinski definition) is 4. The molecular weight excluding hydrogens is 462 g/mol. The van der Waals surface area contributed by atoms with Crippen LogP contribution in [0.15, 0.2) is 42.5 Å². The lowest BCUT2D eigenvalue weighted by Crippen LogP contribution is -2.52. The van der Waals surface area contributed by atoms with Crippen molar-refractivity contribution in [1.29, 1.82) is 0 Å². The lowest BCUT2D eigenvalue weighted by Gasteiger charge is -2.33. The molecule has 192 valence electrons. The molecule has 2 aromatic rings. The number of hydrogen-bond donors (Lipinski definition) is 1. The van der Waals surface area contributed by atoms with Crippen LogP contribution in [0.25, 0.3) is 0 Å². The fourth-order valence-corrected chi connectivity index (χ4v) is 4.90. The minimum atomic E-state index is -3.75. The van der Waals surface area contributed by atoms with E-state index >= 15 is 0 Å². The Morgan fingerprint density at radius 2 is 1.66 bits per heavy atom. The van der Waals surface area contributed by atoms with E-state index in [1.165, 1.54) is 4.90 Å². The van der Waals surface area contributed by atoms with Gasteiger partial charge in [0.05, 0.1) is 11.9 Å². The van der Waals surface area contributed by atoms with Crippen molar-refractivity contribution in [2.75, 3.05) is 23.7 Å². The van der Waals surface area contributed by atoms with Gasteiger partial charge in [0.1, 0.15) is 12.6 Å². The number of benzene rings is 2. The van der Waals surface area contributed by atoms with E-state index in [1.54, 1.807) is 6.07 Å². The van der Waals surface area contributed by atoms with Crippen LogP contribution in [0.5, 0.6) is 0 Å². The SMILES string of the molecule is CC[C@H](C(=O)NCC(C)C)N(Cc1ccccc1C)C(=O)CN(c1ccc(C)cc1C)S(C)(=O)=O. The van der Waals surface area contributed by atoms with E-state index in [-0.39, 0.29) is 24.9 Å². The van der Waals surface area contributed by atoms with Crippen LogP contribution in [0.3, 0.4) is 0 Å². The van der Waals surface area contributed by atoms with Crippen LogP contribution in [0.2, 0.25) is 0 Å². The van der Waals surface area contributed by atoms with Gasteiger partial charge in [0, 0.05) is 13.1 Å². The zero-order valence-electron chi connectivity index (χ0n) is 22.0. The molecule has 2 rings (SSSR count). The Bertz CT molecular complexity index is 1140. The van der Waals surface area contributed by atoms with Gasteiger partial charge in [-0.1, -0.05) is 62.7 Å². The van der Waals surface area contributed by atoms with Crippen LogP contribution in [-0.2, 0) is 26.2 Å². The van der Waals surface area contributed by atoms with Gasteiger partial charge in [-0.05, 0) is 55.9 Å². The quantitative estimate of drug-likeness (QED) is 0.505. The highest BCUT2D eigenvalue weighted by Gasteiger charge is 2.32. The van der Waals surface area contributed by atoms with Crippen molar-refractivity contribution in [1.82, 2.24) is 10.2 Å². The van der Waals surface area contributed by atoms with Gasteiger partial charge in [-0.15, -0.1) is 0 Å². The molecule has 8 heteroatoms. The number of anilines is 1. The first-order chi connectivity index (χ1) is 16.3. The average Bonchev–Trinajstić information content (AvgIpc) is 2.76. The maximum atomic E-state index is 13.8. The van der Waals surface area contributed by atoms with E-state index in [4.69, 9.17) is 0 Å². The van der Waals surface area contributed by atoms with E-state index in [2.05, 4.69) is 5.32 Å². The number of carbonyl (C=O) groups is 2. The second-order valence-electron chi connectivity index (χ2n) is 9.57. The summed E-state index contributed by atoms with van der Waals surface area (Å²) in [5.74, 6) is -0.395. The highest BCUT2D eigenvalue weighted by atomic mass is 32.2. The first-order valence-electron chi connectivity index (χ1n) is 12.0. The van der Waals surface area contributed by atoms with E-state index in [0.717, 1.165) is 32.8 Å². The van der Waals surface area contributed by atoms with Gasteiger partial charge in [-0.3, -0.25) is 13.9 Å². The molecule has 0 saturated carbocycles. The number of rotatable bonds is 11. The van der Waals surface area contributed by atoms with E-state index in [0.29, 0.717) is 18.7 Å². The molecule has 7 nitrogen and oxygen atoms in total. The summed E-state index contributed by atoms with van der Waals surface area (Å²) in [6, 6.07) is 12.4. The zero-order chi connectivity index (χ0) is 26.3. The van der Waals surface area contributed by atoms with Crippen molar-refractivity contribution in [3.63, 3.8) is 0 Å². The minimum Gasteiger partial charge on any atom is -0.354 e. The maximum absolute atomic E-state index is 13.8. The molecular formula is C27H39N3O4S. The molecule has 0 unspecified atom stereocenters.